The molecule has 0 amide bonds. The molecule has 0 unspecified atom stereocenters. The molecule has 0 bridgehead atoms. The normalized spacial score (nSPS) is 19.6. The van der Waals surface area contributed by atoms with Crippen LogP contribution in [0, 0.1) is 17.6 Å². The maximum absolute atomic E-state index is 14.8. The van der Waals surface area contributed by atoms with Crippen molar-refractivity contribution < 1.29 is 23.4 Å². The van der Waals surface area contributed by atoms with Crippen molar-refractivity contribution in [3.05, 3.63) is 71.3 Å². The molecule has 0 radical (unpaired) electrons. The molecule has 0 spiro atoms. The Kier molecular flexibility index (Phi) is 7.35. The SMILES string of the molecule is C=CC[C@H](OCCO)[C@@H]1COc2c(F)ccc(F)c2[C@H]1Sc1ccc(Cl)cc1. The Bertz CT molecular complexity index is 816. The first-order chi connectivity index (χ1) is 13.5. The van der Waals surface area contributed by atoms with Gasteiger partial charge in [-0.3, -0.25) is 0 Å². The molecule has 3 nitrogen and oxygen atoms in total. The van der Waals surface area contributed by atoms with Crippen molar-refractivity contribution in [2.24, 2.45) is 5.92 Å². The zero-order chi connectivity index (χ0) is 20.1. The minimum Gasteiger partial charge on any atom is -0.490 e. The molecular formula is C21H21ClF2O3S. The van der Waals surface area contributed by atoms with Crippen molar-refractivity contribution in [1.29, 1.82) is 0 Å². The van der Waals surface area contributed by atoms with E-state index in [0.29, 0.717) is 11.4 Å². The van der Waals surface area contributed by atoms with E-state index in [1.807, 2.05) is 12.1 Å². The first-order valence-electron chi connectivity index (χ1n) is 8.91. The van der Waals surface area contributed by atoms with Gasteiger partial charge in [-0.05, 0) is 42.8 Å². The van der Waals surface area contributed by atoms with E-state index >= 15 is 0 Å². The van der Waals surface area contributed by atoms with E-state index in [1.54, 1.807) is 18.2 Å². The van der Waals surface area contributed by atoms with Crippen LogP contribution in [-0.4, -0.2) is 31.0 Å². The zero-order valence-electron chi connectivity index (χ0n) is 15.1. The summed E-state index contributed by atoms with van der Waals surface area (Å²) >= 11 is 7.38. The second kappa shape index (κ2) is 9.74. The highest BCUT2D eigenvalue weighted by atomic mass is 35.5. The highest BCUT2D eigenvalue weighted by Crippen LogP contribution is 2.50. The Morgan fingerprint density at radius 1 is 1.25 bits per heavy atom. The third-order valence-corrected chi connectivity index (χ3v) is 6.20. The average Bonchev–Trinajstić information content (AvgIpc) is 2.70. The van der Waals surface area contributed by atoms with Crippen LogP contribution in [0.2, 0.25) is 5.02 Å². The number of benzene rings is 2. The van der Waals surface area contributed by atoms with Crippen molar-refractivity contribution >= 4 is 23.4 Å². The number of hydrogen-bond acceptors (Lipinski definition) is 4. The topological polar surface area (TPSA) is 38.7 Å². The lowest BCUT2D eigenvalue weighted by Crippen LogP contribution is -2.37. The van der Waals surface area contributed by atoms with Gasteiger partial charge < -0.3 is 14.6 Å². The predicted molar refractivity (Wildman–Crippen MR) is 107 cm³/mol. The molecule has 0 aliphatic carbocycles. The summed E-state index contributed by atoms with van der Waals surface area (Å²) in [6.07, 6.45) is 1.85. The molecule has 0 saturated heterocycles. The first-order valence-corrected chi connectivity index (χ1v) is 10.2. The average molecular weight is 427 g/mol. The second-order valence-corrected chi connectivity index (χ2v) is 8.05. The summed E-state index contributed by atoms with van der Waals surface area (Å²) in [5, 5.41) is 9.30. The van der Waals surface area contributed by atoms with Crippen LogP contribution in [-0.2, 0) is 4.74 Å². The standard InChI is InChI=1S/C21H21ClF2O3S/c1-2-3-18(26-11-10-25)15-12-27-20-17(24)9-8-16(23)19(20)21(15)28-14-6-4-13(22)5-7-14/h2,4-9,15,18,21,25H,1,3,10-12H2/t15-,18-,21-/m0/s1. The summed E-state index contributed by atoms with van der Waals surface area (Å²) < 4.78 is 40.5. The summed E-state index contributed by atoms with van der Waals surface area (Å²) in [6, 6.07) is 9.38. The maximum atomic E-state index is 14.8. The molecule has 2 aromatic carbocycles. The summed E-state index contributed by atoms with van der Waals surface area (Å²) in [6.45, 7) is 3.94. The lowest BCUT2D eigenvalue weighted by atomic mass is 9.89. The summed E-state index contributed by atoms with van der Waals surface area (Å²) in [7, 11) is 0. The van der Waals surface area contributed by atoms with Crippen molar-refractivity contribution in [3.8, 4) is 5.75 Å². The van der Waals surface area contributed by atoms with Gasteiger partial charge in [0.05, 0.1) is 25.9 Å². The van der Waals surface area contributed by atoms with Gasteiger partial charge >= 0.3 is 0 Å². The fourth-order valence-electron chi connectivity index (χ4n) is 3.28. The van der Waals surface area contributed by atoms with Crippen LogP contribution in [0.25, 0.3) is 0 Å². The van der Waals surface area contributed by atoms with Crippen LogP contribution in [0.5, 0.6) is 5.75 Å². The van der Waals surface area contributed by atoms with Gasteiger partial charge in [0.1, 0.15) is 5.82 Å². The number of aliphatic hydroxyl groups is 1. The summed E-state index contributed by atoms with van der Waals surface area (Å²) in [5.41, 5.74) is 0.192. The first kappa shape index (κ1) is 21.1. The van der Waals surface area contributed by atoms with Crippen molar-refractivity contribution in [2.75, 3.05) is 19.8 Å². The van der Waals surface area contributed by atoms with Gasteiger partial charge in [0, 0.05) is 26.6 Å². The van der Waals surface area contributed by atoms with E-state index in [4.69, 9.17) is 26.2 Å². The third kappa shape index (κ3) is 4.69. The van der Waals surface area contributed by atoms with Crippen LogP contribution < -0.4 is 4.74 Å². The van der Waals surface area contributed by atoms with Crippen molar-refractivity contribution in [3.63, 3.8) is 0 Å². The van der Waals surface area contributed by atoms with E-state index in [-0.39, 0.29) is 43.2 Å². The third-order valence-electron chi connectivity index (χ3n) is 4.56. The van der Waals surface area contributed by atoms with E-state index in [2.05, 4.69) is 6.58 Å². The molecule has 0 fully saturated rings. The molecule has 1 aliphatic rings. The van der Waals surface area contributed by atoms with E-state index in [1.165, 1.54) is 11.8 Å². The van der Waals surface area contributed by atoms with Gasteiger partial charge in [-0.1, -0.05) is 17.7 Å². The highest BCUT2D eigenvalue weighted by Gasteiger charge is 2.40. The molecule has 3 atom stereocenters. The van der Waals surface area contributed by atoms with Gasteiger partial charge in [-0.2, -0.15) is 0 Å². The Balaban J connectivity index is 2.01. The van der Waals surface area contributed by atoms with Crippen molar-refractivity contribution in [1.82, 2.24) is 0 Å². The summed E-state index contributed by atoms with van der Waals surface area (Å²) in [4.78, 5) is 0.871. The number of ether oxygens (including phenoxy) is 2. The molecule has 1 heterocycles. The maximum Gasteiger partial charge on any atom is 0.165 e. The Morgan fingerprint density at radius 3 is 2.64 bits per heavy atom. The van der Waals surface area contributed by atoms with Crippen LogP contribution >= 0.6 is 23.4 Å². The van der Waals surface area contributed by atoms with Gasteiger partial charge in [0.2, 0.25) is 0 Å². The van der Waals surface area contributed by atoms with Gasteiger partial charge in [0.15, 0.2) is 11.6 Å². The Morgan fingerprint density at radius 2 is 1.96 bits per heavy atom. The molecule has 28 heavy (non-hydrogen) atoms. The fraction of sp³-hybridized carbons (Fsp3) is 0.333. The van der Waals surface area contributed by atoms with Crippen LogP contribution in [0.3, 0.4) is 0 Å². The molecule has 2 aromatic rings. The Hall–Kier alpha value is -1.60. The predicted octanol–water partition coefficient (Wildman–Crippen LogP) is 5.41. The van der Waals surface area contributed by atoms with Crippen molar-refractivity contribution in [2.45, 2.75) is 22.7 Å². The van der Waals surface area contributed by atoms with Crippen LogP contribution in [0.15, 0.2) is 53.9 Å². The smallest absolute Gasteiger partial charge is 0.165 e. The fourth-order valence-corrected chi connectivity index (χ4v) is 4.76. The number of rotatable bonds is 8. The molecular weight excluding hydrogens is 406 g/mol. The van der Waals surface area contributed by atoms with Gasteiger partial charge in [0.25, 0.3) is 0 Å². The lowest BCUT2D eigenvalue weighted by Gasteiger charge is -2.37. The molecule has 3 rings (SSSR count). The molecule has 1 N–H and O–H groups in total. The largest absolute Gasteiger partial charge is 0.490 e. The molecule has 0 aromatic heterocycles. The molecule has 150 valence electrons. The minimum absolute atomic E-state index is 0.0535. The quantitative estimate of drug-likeness (QED) is 0.572. The number of aliphatic hydroxyl groups excluding tert-OH is 1. The monoisotopic (exact) mass is 426 g/mol. The summed E-state index contributed by atoms with van der Waals surface area (Å²) in [5.74, 6) is -1.43. The Labute approximate surface area is 172 Å². The van der Waals surface area contributed by atoms with Crippen LogP contribution in [0.1, 0.15) is 17.2 Å². The van der Waals surface area contributed by atoms with Gasteiger partial charge in [-0.15, -0.1) is 18.3 Å². The molecule has 0 saturated carbocycles. The minimum atomic E-state index is -0.590. The molecule has 1 aliphatic heterocycles. The number of halogens is 3. The lowest BCUT2D eigenvalue weighted by molar-refractivity contribution is -0.0214. The van der Waals surface area contributed by atoms with E-state index < -0.39 is 16.9 Å². The van der Waals surface area contributed by atoms with Crippen LogP contribution in [0.4, 0.5) is 8.78 Å². The van der Waals surface area contributed by atoms with Gasteiger partial charge in [-0.25, -0.2) is 8.78 Å². The molecule has 7 heteroatoms. The highest BCUT2D eigenvalue weighted by molar-refractivity contribution is 7.99. The number of hydrogen-bond donors (Lipinski definition) is 1. The van der Waals surface area contributed by atoms with E-state index in [0.717, 1.165) is 17.0 Å². The second-order valence-electron chi connectivity index (χ2n) is 6.40. The number of fused-ring (bicyclic) bond motifs is 1. The zero-order valence-corrected chi connectivity index (χ0v) is 16.7. The van der Waals surface area contributed by atoms with E-state index in [9.17, 15) is 8.78 Å². The number of thioether (sulfide) groups is 1.